The molecular formula is C16H19IN7O4PS. The van der Waals surface area contributed by atoms with Gasteiger partial charge in [-0.3, -0.25) is 9.59 Å². The van der Waals surface area contributed by atoms with Crippen LogP contribution in [0.1, 0.15) is 27.3 Å². The van der Waals surface area contributed by atoms with Gasteiger partial charge in [0, 0.05) is 30.9 Å². The van der Waals surface area contributed by atoms with Crippen molar-refractivity contribution in [2.24, 2.45) is 12.8 Å². The van der Waals surface area contributed by atoms with E-state index in [9.17, 15) is 18.0 Å². The van der Waals surface area contributed by atoms with Gasteiger partial charge in [0.25, 0.3) is 11.5 Å². The van der Waals surface area contributed by atoms with Gasteiger partial charge in [-0.2, -0.15) is 14.5 Å². The lowest BCUT2D eigenvalue weighted by molar-refractivity contribution is 0.0999. The van der Waals surface area contributed by atoms with E-state index in [1.807, 2.05) is 0 Å². The van der Waals surface area contributed by atoms with Gasteiger partial charge in [0.05, 0.1) is 43.2 Å². The van der Waals surface area contributed by atoms with Crippen LogP contribution in [0.2, 0.25) is 0 Å². The maximum absolute atomic E-state index is 13.2. The molecule has 1 unspecified atom stereocenters. The Morgan fingerprint density at radius 2 is 2.13 bits per heavy atom. The summed E-state index contributed by atoms with van der Waals surface area (Å²) in [6.45, 7) is 0.586. The zero-order chi connectivity index (χ0) is 21.8. The highest BCUT2D eigenvalue weighted by atomic mass is 127. The van der Waals surface area contributed by atoms with Crippen molar-refractivity contribution in [1.29, 1.82) is 0 Å². The molecule has 0 bridgehead atoms. The summed E-state index contributed by atoms with van der Waals surface area (Å²) >= 11 is 2.13. The highest BCUT2D eigenvalue weighted by Crippen LogP contribution is 2.29. The monoisotopic (exact) mass is 563 g/mol. The third-order valence-corrected chi connectivity index (χ3v) is 8.42. The Morgan fingerprint density at radius 1 is 1.40 bits per heavy atom. The van der Waals surface area contributed by atoms with E-state index in [-0.39, 0.29) is 30.6 Å². The van der Waals surface area contributed by atoms with Crippen LogP contribution in [0, 0.1) is 0 Å². The lowest BCUT2D eigenvalue weighted by atomic mass is 10.1. The zero-order valence-corrected chi connectivity index (χ0v) is 20.1. The second-order valence-electron chi connectivity index (χ2n) is 7.08. The van der Waals surface area contributed by atoms with Crippen molar-refractivity contribution in [2.45, 2.75) is 19.5 Å². The van der Waals surface area contributed by atoms with Crippen LogP contribution < -0.4 is 11.3 Å². The van der Waals surface area contributed by atoms with Crippen molar-refractivity contribution in [3.63, 3.8) is 0 Å². The number of fused-ring (bicyclic) bond motifs is 3. The standard InChI is InChI=1S/C16H19IN7O4PS/c1-21-13-8-22(30(2,27)28)4-3-9(13)10-5-19-23(16(26)14(10)21)7-12-11(15(18)25)6-24(20-12)29-17/h5-6,29H,3-4,7-8H2,1-2H3,(H2,18,25). The highest BCUT2D eigenvalue weighted by molar-refractivity contribution is 14.2. The number of amides is 1. The van der Waals surface area contributed by atoms with Gasteiger partial charge in [0.15, 0.2) is 0 Å². The molecule has 0 spiro atoms. The minimum atomic E-state index is -3.33. The van der Waals surface area contributed by atoms with Gasteiger partial charge in [0.2, 0.25) is 10.0 Å². The quantitative estimate of drug-likeness (QED) is 0.348. The molecule has 1 amide bonds. The summed E-state index contributed by atoms with van der Waals surface area (Å²) in [6, 6.07) is 0. The van der Waals surface area contributed by atoms with Gasteiger partial charge in [0.1, 0.15) is 5.52 Å². The van der Waals surface area contributed by atoms with E-state index in [0.29, 0.717) is 24.2 Å². The third kappa shape index (κ3) is 3.57. The normalized spacial score (nSPS) is 15.3. The van der Waals surface area contributed by atoms with E-state index in [1.165, 1.54) is 15.2 Å². The summed E-state index contributed by atoms with van der Waals surface area (Å²) in [5.41, 5.74) is 7.91. The zero-order valence-electron chi connectivity index (χ0n) is 16.2. The molecule has 3 aromatic heterocycles. The van der Waals surface area contributed by atoms with E-state index in [1.54, 1.807) is 28.5 Å². The Kier molecular flexibility index (Phi) is 5.49. The fraction of sp³-hybridized carbons (Fsp3) is 0.375. The predicted molar refractivity (Wildman–Crippen MR) is 122 cm³/mol. The number of halogens is 1. The fourth-order valence-corrected chi connectivity index (χ4v) is 5.65. The summed E-state index contributed by atoms with van der Waals surface area (Å²) in [5, 5.41) is 9.33. The second kappa shape index (κ2) is 7.70. The summed E-state index contributed by atoms with van der Waals surface area (Å²) in [5.74, 6) is -0.616. The lowest BCUT2D eigenvalue weighted by Crippen LogP contribution is -2.35. The summed E-state index contributed by atoms with van der Waals surface area (Å²) < 4.78 is 29.9. The first-order valence-electron chi connectivity index (χ1n) is 8.88. The first-order valence-corrected chi connectivity index (χ1v) is 14.8. The molecule has 0 saturated heterocycles. The molecule has 14 heteroatoms. The Labute approximate surface area is 186 Å². The maximum Gasteiger partial charge on any atom is 0.291 e. The minimum Gasteiger partial charge on any atom is -0.365 e. The van der Waals surface area contributed by atoms with Gasteiger partial charge >= 0.3 is 0 Å². The smallest absolute Gasteiger partial charge is 0.291 e. The second-order valence-corrected chi connectivity index (χ2v) is 11.1. The summed E-state index contributed by atoms with van der Waals surface area (Å²) in [7, 11) is -1.58. The van der Waals surface area contributed by atoms with Crippen LogP contribution in [-0.2, 0) is 36.6 Å². The molecule has 1 aliphatic heterocycles. The van der Waals surface area contributed by atoms with E-state index < -0.39 is 15.9 Å². The van der Waals surface area contributed by atoms with Crippen molar-refractivity contribution in [3.05, 3.63) is 45.3 Å². The summed E-state index contributed by atoms with van der Waals surface area (Å²) in [4.78, 5) is 24.9. The van der Waals surface area contributed by atoms with E-state index in [4.69, 9.17) is 5.73 Å². The van der Waals surface area contributed by atoms with Gasteiger partial charge in [-0.15, -0.1) is 0 Å². The van der Waals surface area contributed by atoms with Crippen LogP contribution in [0.4, 0.5) is 0 Å². The number of aryl methyl sites for hydroxylation is 1. The molecule has 4 rings (SSSR count). The number of aromatic nitrogens is 5. The van der Waals surface area contributed by atoms with Crippen molar-refractivity contribution < 1.29 is 13.2 Å². The van der Waals surface area contributed by atoms with Crippen LogP contribution in [0.15, 0.2) is 17.2 Å². The first-order chi connectivity index (χ1) is 14.1. The molecule has 1 aliphatic rings. The van der Waals surface area contributed by atoms with Crippen LogP contribution in [0.5, 0.6) is 0 Å². The van der Waals surface area contributed by atoms with Gasteiger partial charge in [-0.25, -0.2) is 17.6 Å². The topological polar surface area (TPSA) is 138 Å². The molecule has 1 atom stereocenters. The maximum atomic E-state index is 13.2. The van der Waals surface area contributed by atoms with Crippen molar-refractivity contribution in [3.8, 4) is 0 Å². The fourth-order valence-electron chi connectivity index (χ4n) is 3.79. The Balaban J connectivity index is 1.80. The molecule has 11 nitrogen and oxygen atoms in total. The van der Waals surface area contributed by atoms with E-state index >= 15 is 0 Å². The van der Waals surface area contributed by atoms with Crippen LogP contribution in [-0.4, -0.2) is 55.3 Å². The molecule has 2 N–H and O–H groups in total. The van der Waals surface area contributed by atoms with Crippen LogP contribution in [0.3, 0.4) is 0 Å². The van der Waals surface area contributed by atoms with Gasteiger partial charge in [-0.05, 0) is 34.0 Å². The molecule has 0 saturated carbocycles. The van der Waals surface area contributed by atoms with E-state index in [0.717, 1.165) is 16.6 Å². The number of rotatable bonds is 5. The Morgan fingerprint density at radius 3 is 2.77 bits per heavy atom. The molecule has 4 heterocycles. The molecular weight excluding hydrogens is 544 g/mol. The Hall–Kier alpha value is -1.83. The number of primary amides is 1. The lowest BCUT2D eigenvalue weighted by Gasteiger charge is -2.25. The number of hydrogen-bond acceptors (Lipinski definition) is 6. The van der Waals surface area contributed by atoms with Gasteiger partial charge in [-0.1, -0.05) is 0 Å². The highest BCUT2D eigenvalue weighted by Gasteiger charge is 2.29. The average molecular weight is 563 g/mol. The molecule has 0 fully saturated rings. The third-order valence-electron chi connectivity index (χ3n) is 5.28. The van der Waals surface area contributed by atoms with Gasteiger partial charge < -0.3 is 10.3 Å². The van der Waals surface area contributed by atoms with Crippen molar-refractivity contribution in [1.82, 2.24) is 28.2 Å². The molecule has 0 radical (unpaired) electrons. The number of hydrogen-bond donors (Lipinski definition) is 1. The van der Waals surface area contributed by atoms with Crippen molar-refractivity contribution in [2.75, 3.05) is 12.8 Å². The largest absolute Gasteiger partial charge is 0.365 e. The average Bonchev–Trinajstić information content (AvgIpc) is 3.23. The molecule has 30 heavy (non-hydrogen) atoms. The SMILES string of the molecule is Cn1c2c(c3cnn(Cc4nn(PI)cc4C(N)=O)c(=O)c31)CCN(S(C)(=O)=O)C2. The number of carbonyl (C=O) groups excluding carboxylic acids is 1. The molecule has 0 aliphatic carbocycles. The minimum absolute atomic E-state index is 0.00643. The van der Waals surface area contributed by atoms with Crippen molar-refractivity contribution >= 4 is 55.2 Å². The number of carbonyl (C=O) groups is 1. The molecule has 160 valence electrons. The summed E-state index contributed by atoms with van der Waals surface area (Å²) in [6.07, 6.45) is 5.16. The van der Waals surface area contributed by atoms with Crippen LogP contribution >= 0.6 is 28.4 Å². The Bertz CT molecular complexity index is 1340. The molecule has 0 aromatic carbocycles. The molecule has 3 aromatic rings. The van der Waals surface area contributed by atoms with Crippen LogP contribution in [0.25, 0.3) is 10.9 Å². The van der Waals surface area contributed by atoms with E-state index in [2.05, 4.69) is 32.2 Å². The first kappa shape index (κ1) is 21.4. The number of nitrogens with two attached hydrogens (primary N) is 1. The predicted octanol–water partition coefficient (Wildman–Crippen LogP) is 0.188. The number of nitrogens with zero attached hydrogens (tertiary/aromatic N) is 6. The number of sulfonamides is 1.